The van der Waals surface area contributed by atoms with E-state index in [4.69, 9.17) is 9.47 Å². The molecule has 1 saturated carbocycles. The van der Waals surface area contributed by atoms with Gasteiger partial charge in [-0.25, -0.2) is 15.0 Å². The van der Waals surface area contributed by atoms with Crippen LogP contribution in [0, 0.1) is 6.92 Å². The van der Waals surface area contributed by atoms with Crippen LogP contribution in [0.5, 0.6) is 5.75 Å². The molecule has 1 saturated heterocycles. The first kappa shape index (κ1) is 20.9. The fraction of sp³-hybridized carbons (Fsp3) is 0.500. The summed E-state index contributed by atoms with van der Waals surface area (Å²) in [5.41, 5.74) is 2.84. The van der Waals surface area contributed by atoms with Crippen LogP contribution in [-0.4, -0.2) is 65.4 Å². The number of hydrogen-bond donors (Lipinski definition) is 0. The second-order valence-electron chi connectivity index (χ2n) is 8.59. The lowest BCUT2D eigenvalue weighted by Gasteiger charge is -2.35. The molecular formula is C24H30N6O2. The molecule has 32 heavy (non-hydrogen) atoms. The van der Waals surface area contributed by atoms with Gasteiger partial charge in [-0.3, -0.25) is 4.98 Å². The molecule has 8 heteroatoms. The van der Waals surface area contributed by atoms with Crippen LogP contribution in [0.3, 0.4) is 0 Å². The van der Waals surface area contributed by atoms with Gasteiger partial charge in [-0.1, -0.05) is 0 Å². The minimum absolute atomic E-state index is 0.178. The molecule has 3 heterocycles. The highest BCUT2D eigenvalue weighted by Crippen LogP contribution is 2.34. The topological polar surface area (TPSA) is 76.5 Å². The molecule has 0 amide bonds. The molecule has 0 N–H and O–H groups in total. The Hall–Kier alpha value is -3.00. The Morgan fingerprint density at radius 3 is 2.56 bits per heavy atom. The summed E-state index contributed by atoms with van der Waals surface area (Å²) in [6.07, 6.45) is 9.62. The van der Waals surface area contributed by atoms with Crippen LogP contribution in [0.15, 0.2) is 36.8 Å². The van der Waals surface area contributed by atoms with Crippen molar-refractivity contribution in [3.63, 3.8) is 0 Å². The Kier molecular flexibility index (Phi) is 6.03. The van der Waals surface area contributed by atoms with Crippen LogP contribution in [-0.2, 0) is 4.74 Å². The van der Waals surface area contributed by atoms with E-state index in [2.05, 4.69) is 48.9 Å². The zero-order valence-electron chi connectivity index (χ0n) is 18.8. The zero-order valence-corrected chi connectivity index (χ0v) is 18.8. The average Bonchev–Trinajstić information content (AvgIpc) is 2.84. The Labute approximate surface area is 188 Å². The van der Waals surface area contributed by atoms with Crippen molar-refractivity contribution in [2.75, 3.05) is 43.2 Å². The molecular weight excluding hydrogens is 404 g/mol. The van der Waals surface area contributed by atoms with Crippen molar-refractivity contribution in [2.45, 2.75) is 44.8 Å². The van der Waals surface area contributed by atoms with Gasteiger partial charge < -0.3 is 19.3 Å². The van der Waals surface area contributed by atoms with Crippen molar-refractivity contribution in [2.24, 2.45) is 0 Å². The van der Waals surface area contributed by atoms with Gasteiger partial charge in [0.05, 0.1) is 24.8 Å². The highest BCUT2D eigenvalue weighted by molar-refractivity contribution is 5.85. The van der Waals surface area contributed by atoms with E-state index in [1.807, 2.05) is 19.2 Å². The van der Waals surface area contributed by atoms with E-state index in [9.17, 15) is 0 Å². The molecule has 0 spiro atoms. The van der Waals surface area contributed by atoms with Gasteiger partial charge in [0.25, 0.3) is 0 Å². The number of ether oxygens (including phenoxy) is 2. The molecule has 2 aliphatic rings. The van der Waals surface area contributed by atoms with Gasteiger partial charge in [-0.05, 0) is 44.7 Å². The van der Waals surface area contributed by atoms with Gasteiger partial charge in [0, 0.05) is 56.5 Å². The minimum Gasteiger partial charge on any atom is -0.488 e. The van der Waals surface area contributed by atoms with Gasteiger partial charge in [-0.2, -0.15) is 0 Å². The lowest BCUT2D eigenvalue weighted by atomic mass is 9.92. The second kappa shape index (κ2) is 9.24. The highest BCUT2D eigenvalue weighted by Gasteiger charge is 2.27. The smallest absolute Gasteiger partial charge is 0.149 e. The van der Waals surface area contributed by atoms with Gasteiger partial charge in [0.2, 0.25) is 0 Å². The van der Waals surface area contributed by atoms with Crippen molar-refractivity contribution in [3.05, 3.63) is 42.6 Å². The normalized spacial score (nSPS) is 21.5. The van der Waals surface area contributed by atoms with E-state index in [1.54, 1.807) is 12.4 Å². The molecule has 0 atom stereocenters. The molecule has 0 bridgehead atoms. The zero-order chi connectivity index (χ0) is 21.9. The monoisotopic (exact) mass is 434 g/mol. The van der Waals surface area contributed by atoms with Crippen molar-refractivity contribution in [3.8, 4) is 5.75 Å². The Morgan fingerprint density at radius 2 is 1.78 bits per heavy atom. The van der Waals surface area contributed by atoms with Crippen LogP contribution >= 0.6 is 0 Å². The largest absolute Gasteiger partial charge is 0.488 e. The quantitative estimate of drug-likeness (QED) is 0.605. The molecule has 0 unspecified atom stereocenters. The van der Waals surface area contributed by atoms with E-state index >= 15 is 0 Å². The predicted octanol–water partition coefficient (Wildman–Crippen LogP) is 3.39. The Balaban J connectivity index is 1.30. The van der Waals surface area contributed by atoms with Crippen LogP contribution in [0.1, 0.15) is 31.5 Å². The molecule has 2 aromatic heterocycles. The molecule has 168 valence electrons. The highest BCUT2D eigenvalue weighted by atomic mass is 16.5. The van der Waals surface area contributed by atoms with Crippen LogP contribution in [0.2, 0.25) is 0 Å². The number of fused-ring (bicyclic) bond motifs is 1. The lowest BCUT2D eigenvalue weighted by Crippen LogP contribution is -2.38. The third kappa shape index (κ3) is 4.46. The van der Waals surface area contributed by atoms with Gasteiger partial charge >= 0.3 is 0 Å². The van der Waals surface area contributed by atoms with E-state index in [0.29, 0.717) is 6.04 Å². The molecule has 2 fully saturated rings. The molecule has 0 radical (unpaired) electrons. The van der Waals surface area contributed by atoms with E-state index < -0.39 is 0 Å². The van der Waals surface area contributed by atoms with Crippen molar-refractivity contribution >= 4 is 22.5 Å². The van der Waals surface area contributed by atoms with Crippen molar-refractivity contribution < 1.29 is 9.47 Å². The Bertz CT molecular complexity index is 1060. The van der Waals surface area contributed by atoms with Gasteiger partial charge in [0.15, 0.2) is 0 Å². The number of morpholine rings is 1. The standard InChI is InChI=1S/C24H30N6O2/c1-17-25-8-7-23(28-17)29(2)18-3-5-20(6-4-18)32-22-16-19(30-11-13-31-14-12-30)15-21-24(22)27-10-9-26-21/h7-10,15-16,18,20H,3-6,11-14H2,1-2H3. The molecule has 8 nitrogen and oxygen atoms in total. The number of benzene rings is 1. The average molecular weight is 435 g/mol. The molecule has 1 aromatic carbocycles. The fourth-order valence-corrected chi connectivity index (χ4v) is 4.68. The SMILES string of the molecule is Cc1nccc(N(C)C2CCC(Oc3cc(N4CCOCC4)cc4nccnc34)CC2)n1. The lowest BCUT2D eigenvalue weighted by molar-refractivity contribution is 0.122. The first-order valence-electron chi connectivity index (χ1n) is 11.4. The summed E-state index contributed by atoms with van der Waals surface area (Å²) in [7, 11) is 2.13. The molecule has 1 aliphatic heterocycles. The number of aryl methyl sites for hydroxylation is 1. The maximum absolute atomic E-state index is 6.55. The van der Waals surface area contributed by atoms with Gasteiger partial charge in [-0.15, -0.1) is 0 Å². The summed E-state index contributed by atoms with van der Waals surface area (Å²) < 4.78 is 12.1. The third-order valence-corrected chi connectivity index (χ3v) is 6.51. The van der Waals surface area contributed by atoms with Crippen molar-refractivity contribution in [1.29, 1.82) is 0 Å². The number of hydrogen-bond acceptors (Lipinski definition) is 8. The number of aromatic nitrogens is 4. The van der Waals surface area contributed by atoms with Crippen LogP contribution in [0.25, 0.3) is 11.0 Å². The Morgan fingerprint density at radius 1 is 1.00 bits per heavy atom. The summed E-state index contributed by atoms with van der Waals surface area (Å²) in [5.74, 6) is 2.63. The van der Waals surface area contributed by atoms with E-state index in [0.717, 1.165) is 86.1 Å². The van der Waals surface area contributed by atoms with Gasteiger partial charge in [0.1, 0.15) is 22.9 Å². The first-order valence-corrected chi connectivity index (χ1v) is 11.4. The summed E-state index contributed by atoms with van der Waals surface area (Å²) in [5, 5.41) is 0. The molecule has 5 rings (SSSR count). The summed E-state index contributed by atoms with van der Waals surface area (Å²) >= 11 is 0. The summed E-state index contributed by atoms with van der Waals surface area (Å²) in [4.78, 5) is 22.5. The summed E-state index contributed by atoms with van der Waals surface area (Å²) in [6, 6.07) is 6.68. The predicted molar refractivity (Wildman–Crippen MR) is 124 cm³/mol. The van der Waals surface area contributed by atoms with E-state index in [-0.39, 0.29) is 6.10 Å². The fourth-order valence-electron chi connectivity index (χ4n) is 4.68. The van der Waals surface area contributed by atoms with Crippen LogP contribution in [0.4, 0.5) is 11.5 Å². The maximum Gasteiger partial charge on any atom is 0.149 e. The summed E-state index contributed by atoms with van der Waals surface area (Å²) in [6.45, 7) is 5.19. The number of rotatable bonds is 5. The second-order valence-corrected chi connectivity index (χ2v) is 8.59. The molecule has 1 aliphatic carbocycles. The maximum atomic E-state index is 6.55. The van der Waals surface area contributed by atoms with E-state index in [1.165, 1.54) is 0 Å². The number of anilines is 2. The minimum atomic E-state index is 0.178. The third-order valence-electron chi connectivity index (χ3n) is 6.51. The molecule has 3 aromatic rings. The first-order chi connectivity index (χ1) is 15.7. The number of nitrogens with zero attached hydrogens (tertiary/aromatic N) is 6. The van der Waals surface area contributed by atoms with Crippen LogP contribution < -0.4 is 14.5 Å². The van der Waals surface area contributed by atoms with Crippen molar-refractivity contribution in [1.82, 2.24) is 19.9 Å².